The Balaban J connectivity index is 1.35. The third-order valence-electron chi connectivity index (χ3n) is 5.49. The molecule has 1 aliphatic rings. The second-order valence-electron chi connectivity index (χ2n) is 7.65. The van der Waals surface area contributed by atoms with Crippen LogP contribution in [0.4, 0.5) is 19.0 Å². The van der Waals surface area contributed by atoms with Crippen LogP contribution in [0.1, 0.15) is 24.2 Å². The van der Waals surface area contributed by atoms with Crippen LogP contribution in [0, 0.1) is 0 Å². The van der Waals surface area contributed by atoms with Crippen LogP contribution in [0.5, 0.6) is 0 Å². The van der Waals surface area contributed by atoms with E-state index in [1.54, 1.807) is 29.2 Å². The first-order chi connectivity index (χ1) is 15.3. The molecule has 0 bridgehead atoms. The van der Waals surface area contributed by atoms with Crippen molar-refractivity contribution < 1.29 is 18.0 Å². The minimum atomic E-state index is -4.42. The number of hydrogen-bond acceptors (Lipinski definition) is 5. The first-order valence-corrected chi connectivity index (χ1v) is 10.4. The largest absolute Gasteiger partial charge is 0.417 e. The summed E-state index contributed by atoms with van der Waals surface area (Å²) in [6.07, 6.45) is -2.38. The van der Waals surface area contributed by atoms with Gasteiger partial charge in [-0.25, -0.2) is 9.97 Å². The van der Waals surface area contributed by atoms with Crippen molar-refractivity contribution in [2.24, 2.45) is 0 Å². The van der Waals surface area contributed by atoms with Gasteiger partial charge in [0.1, 0.15) is 11.6 Å². The highest BCUT2D eigenvalue weighted by Crippen LogP contribution is 2.29. The van der Waals surface area contributed by atoms with E-state index in [1.165, 1.54) is 6.07 Å². The van der Waals surface area contributed by atoms with Gasteiger partial charge < -0.3 is 14.8 Å². The molecule has 10 heteroatoms. The summed E-state index contributed by atoms with van der Waals surface area (Å²) in [5.74, 6) is 0.876. The summed E-state index contributed by atoms with van der Waals surface area (Å²) in [7, 11) is 0. The topological polar surface area (TPSA) is 82.2 Å². The molecule has 0 spiro atoms. The molecule has 1 N–H and O–H groups in total. The van der Waals surface area contributed by atoms with Crippen molar-refractivity contribution in [3.05, 3.63) is 64.3 Å². The van der Waals surface area contributed by atoms with Crippen molar-refractivity contribution in [1.29, 1.82) is 0 Å². The van der Waals surface area contributed by atoms with Crippen LogP contribution in [0.2, 0.25) is 0 Å². The zero-order chi connectivity index (χ0) is 22.7. The molecular weight excluding hydrogens is 423 g/mol. The van der Waals surface area contributed by atoms with E-state index >= 15 is 0 Å². The molecule has 0 unspecified atom stereocenters. The number of rotatable bonds is 4. The van der Waals surface area contributed by atoms with Crippen molar-refractivity contribution in [3.8, 4) is 0 Å². The Morgan fingerprint density at radius 2 is 1.88 bits per heavy atom. The van der Waals surface area contributed by atoms with E-state index in [2.05, 4.69) is 15.0 Å². The van der Waals surface area contributed by atoms with Crippen LogP contribution in [0.3, 0.4) is 0 Å². The second kappa shape index (κ2) is 8.97. The highest BCUT2D eigenvalue weighted by atomic mass is 19.4. The molecule has 7 nitrogen and oxygen atoms in total. The molecule has 0 saturated carbocycles. The fourth-order valence-corrected chi connectivity index (χ4v) is 3.77. The molecule has 2 aromatic heterocycles. The smallest absolute Gasteiger partial charge is 0.355 e. The van der Waals surface area contributed by atoms with Gasteiger partial charge >= 0.3 is 6.18 Å². The molecule has 4 rings (SSSR count). The Kier molecular flexibility index (Phi) is 6.11. The number of carbonyl (C=O) groups excluding carboxylic acids is 1. The number of H-pyrrole nitrogens is 1. The van der Waals surface area contributed by atoms with Gasteiger partial charge in [-0.05, 0) is 30.7 Å². The van der Waals surface area contributed by atoms with E-state index in [1.807, 2.05) is 4.90 Å². The number of hydrogen-bond donors (Lipinski definition) is 1. The maximum Gasteiger partial charge on any atom is 0.417 e. The molecule has 0 atom stereocenters. The third kappa shape index (κ3) is 4.90. The number of carbonyl (C=O) groups is 1. The summed E-state index contributed by atoms with van der Waals surface area (Å²) in [5, 5.41) is 0.507. The Morgan fingerprint density at radius 1 is 1.06 bits per heavy atom. The number of halogens is 3. The lowest BCUT2D eigenvalue weighted by Gasteiger charge is -2.23. The van der Waals surface area contributed by atoms with Crippen LogP contribution < -0.4 is 10.5 Å². The van der Waals surface area contributed by atoms with Crippen molar-refractivity contribution in [3.63, 3.8) is 0 Å². The van der Waals surface area contributed by atoms with Crippen LogP contribution in [-0.4, -0.2) is 51.9 Å². The Morgan fingerprint density at radius 3 is 2.62 bits per heavy atom. The predicted molar refractivity (Wildman–Crippen MR) is 113 cm³/mol. The second-order valence-corrected chi connectivity index (χ2v) is 7.65. The summed E-state index contributed by atoms with van der Waals surface area (Å²) in [5.41, 5.74) is -0.422. The van der Waals surface area contributed by atoms with Gasteiger partial charge in [-0.2, -0.15) is 13.2 Å². The molecular formula is C22H22F3N5O2. The molecule has 1 aromatic carbocycles. The van der Waals surface area contributed by atoms with E-state index < -0.39 is 11.7 Å². The number of aryl methyl sites for hydroxylation is 1. The Hall–Kier alpha value is -3.43. The minimum Gasteiger partial charge on any atom is -0.355 e. The van der Waals surface area contributed by atoms with Gasteiger partial charge in [-0.1, -0.05) is 12.1 Å². The molecule has 1 amide bonds. The summed E-state index contributed by atoms with van der Waals surface area (Å²) < 4.78 is 38.2. The number of aromatic amines is 1. The molecule has 0 aliphatic carbocycles. The molecule has 168 valence electrons. The van der Waals surface area contributed by atoms with E-state index in [-0.39, 0.29) is 17.9 Å². The number of nitrogens with zero attached hydrogens (tertiary/aromatic N) is 4. The highest BCUT2D eigenvalue weighted by molar-refractivity contribution is 5.78. The monoisotopic (exact) mass is 445 g/mol. The highest BCUT2D eigenvalue weighted by Gasteiger charge is 2.31. The van der Waals surface area contributed by atoms with Crippen molar-refractivity contribution in [1.82, 2.24) is 19.9 Å². The predicted octanol–water partition coefficient (Wildman–Crippen LogP) is 3.01. The lowest BCUT2D eigenvalue weighted by Crippen LogP contribution is -2.35. The van der Waals surface area contributed by atoms with E-state index in [9.17, 15) is 22.8 Å². The van der Waals surface area contributed by atoms with Gasteiger partial charge in [0.2, 0.25) is 5.91 Å². The van der Waals surface area contributed by atoms with Crippen molar-refractivity contribution in [2.45, 2.75) is 25.4 Å². The van der Waals surface area contributed by atoms with Crippen LogP contribution >= 0.6 is 0 Å². The molecule has 1 aliphatic heterocycles. The van der Waals surface area contributed by atoms with Gasteiger partial charge in [-0.3, -0.25) is 9.59 Å². The number of pyridine rings is 1. The SMILES string of the molecule is O=C(CCc1nc2ccccc2c(=O)[nH]1)N1CCCN(c2ccc(C(F)(F)F)cn2)CC1. The van der Waals surface area contributed by atoms with Gasteiger partial charge in [0, 0.05) is 45.2 Å². The van der Waals surface area contributed by atoms with Gasteiger partial charge in [0.15, 0.2) is 0 Å². The first kappa shape index (κ1) is 21.8. The van der Waals surface area contributed by atoms with Crippen LogP contribution in [0.15, 0.2) is 47.4 Å². The third-order valence-corrected chi connectivity index (χ3v) is 5.49. The number of benzene rings is 1. The number of aromatic nitrogens is 3. The van der Waals surface area contributed by atoms with Crippen molar-refractivity contribution >= 4 is 22.6 Å². The number of fused-ring (bicyclic) bond motifs is 1. The van der Waals surface area contributed by atoms with E-state index in [0.29, 0.717) is 61.6 Å². The number of para-hydroxylation sites is 1. The number of anilines is 1. The molecule has 0 radical (unpaired) electrons. The lowest BCUT2D eigenvalue weighted by atomic mass is 10.2. The normalized spacial score (nSPS) is 15.1. The Labute approximate surface area is 181 Å². The van der Waals surface area contributed by atoms with Gasteiger partial charge in [-0.15, -0.1) is 0 Å². The van der Waals surface area contributed by atoms with Crippen LogP contribution in [0.25, 0.3) is 10.9 Å². The summed E-state index contributed by atoms with van der Waals surface area (Å²) in [6, 6.07) is 9.41. The van der Waals surface area contributed by atoms with Crippen molar-refractivity contribution in [2.75, 3.05) is 31.1 Å². The van der Waals surface area contributed by atoms with E-state index in [0.717, 1.165) is 12.3 Å². The Bertz CT molecular complexity index is 1160. The van der Waals surface area contributed by atoms with Gasteiger partial charge in [0.25, 0.3) is 5.56 Å². The molecule has 3 heterocycles. The zero-order valence-electron chi connectivity index (χ0n) is 17.2. The van der Waals surface area contributed by atoms with E-state index in [4.69, 9.17) is 0 Å². The summed E-state index contributed by atoms with van der Waals surface area (Å²) in [4.78, 5) is 39.6. The zero-order valence-corrected chi connectivity index (χ0v) is 17.2. The maximum atomic E-state index is 12.7. The quantitative estimate of drug-likeness (QED) is 0.668. The maximum absolute atomic E-state index is 12.7. The molecule has 1 fully saturated rings. The molecule has 1 saturated heterocycles. The number of alkyl halides is 3. The first-order valence-electron chi connectivity index (χ1n) is 10.4. The number of amides is 1. The number of nitrogens with one attached hydrogen (secondary N) is 1. The molecule has 32 heavy (non-hydrogen) atoms. The minimum absolute atomic E-state index is 0.0527. The fraction of sp³-hybridized carbons (Fsp3) is 0.364. The van der Waals surface area contributed by atoms with Crippen LogP contribution in [-0.2, 0) is 17.4 Å². The fourth-order valence-electron chi connectivity index (χ4n) is 3.77. The molecule has 3 aromatic rings. The summed E-state index contributed by atoms with van der Waals surface area (Å²) in [6.45, 7) is 2.08. The summed E-state index contributed by atoms with van der Waals surface area (Å²) >= 11 is 0. The lowest BCUT2D eigenvalue weighted by molar-refractivity contribution is -0.137. The van der Waals surface area contributed by atoms with Gasteiger partial charge in [0.05, 0.1) is 16.5 Å². The average molecular weight is 445 g/mol. The average Bonchev–Trinajstić information content (AvgIpc) is 3.03. The standard InChI is InChI=1S/C22H22F3N5O2/c23-22(24,25)15-6-8-19(26-14-15)29-10-3-11-30(13-12-29)20(31)9-7-18-27-17-5-2-1-4-16(17)21(32)28-18/h1-2,4-6,8,14H,3,7,9-13H2,(H,27,28,32).